The molecule has 1 saturated heterocycles. The smallest absolute Gasteiger partial charge is 0.270 e. The summed E-state index contributed by atoms with van der Waals surface area (Å²) in [5.74, 6) is -0.390. The van der Waals surface area contributed by atoms with Gasteiger partial charge in [0.05, 0.1) is 15.5 Å². The van der Waals surface area contributed by atoms with Gasteiger partial charge in [-0.15, -0.1) is 0 Å². The minimum absolute atomic E-state index is 0.131. The lowest BCUT2D eigenvalue weighted by molar-refractivity contribution is -0.384. The molecule has 1 amide bonds. The average molecular weight is 313 g/mol. The summed E-state index contributed by atoms with van der Waals surface area (Å²) in [6, 6.07) is 3.84. The highest BCUT2D eigenvalue weighted by molar-refractivity contribution is 6.33. The highest BCUT2D eigenvalue weighted by Gasteiger charge is 2.16. The molecule has 0 bridgehead atoms. The van der Waals surface area contributed by atoms with Crippen LogP contribution in [0.1, 0.15) is 10.4 Å². The lowest BCUT2D eigenvalue weighted by atomic mass is 10.2. The summed E-state index contributed by atoms with van der Waals surface area (Å²) in [5, 5.41) is 16.9. The topological polar surface area (TPSA) is 87.5 Å². The molecule has 1 aromatic carbocycles. The summed E-state index contributed by atoms with van der Waals surface area (Å²) in [4.78, 5) is 24.5. The summed E-state index contributed by atoms with van der Waals surface area (Å²) in [6.45, 7) is 5.04. The van der Waals surface area contributed by atoms with E-state index in [1.807, 2.05) is 0 Å². The maximum absolute atomic E-state index is 12.0. The Kier molecular flexibility index (Phi) is 5.49. The number of nitro groups is 1. The summed E-state index contributed by atoms with van der Waals surface area (Å²) in [5.41, 5.74) is -0.0159. The number of nitrogens with one attached hydrogen (secondary N) is 2. The molecule has 0 spiro atoms. The zero-order valence-electron chi connectivity index (χ0n) is 11.5. The van der Waals surface area contributed by atoms with E-state index in [2.05, 4.69) is 15.5 Å². The molecule has 114 valence electrons. The molecule has 8 heteroatoms. The van der Waals surface area contributed by atoms with Crippen LogP contribution in [0.4, 0.5) is 5.69 Å². The second-order valence-electron chi connectivity index (χ2n) is 4.77. The van der Waals surface area contributed by atoms with Crippen LogP contribution in [0.3, 0.4) is 0 Å². The maximum atomic E-state index is 12.0. The first-order valence-corrected chi connectivity index (χ1v) is 7.11. The van der Waals surface area contributed by atoms with Crippen LogP contribution in [0.15, 0.2) is 18.2 Å². The van der Waals surface area contributed by atoms with E-state index in [-0.39, 0.29) is 22.2 Å². The van der Waals surface area contributed by atoms with E-state index in [1.54, 1.807) is 0 Å². The van der Waals surface area contributed by atoms with Gasteiger partial charge in [0.2, 0.25) is 0 Å². The minimum atomic E-state index is -0.548. The molecule has 1 aliphatic heterocycles. The summed E-state index contributed by atoms with van der Waals surface area (Å²) in [6.07, 6.45) is 0. The monoisotopic (exact) mass is 312 g/mol. The van der Waals surface area contributed by atoms with Gasteiger partial charge >= 0.3 is 0 Å². The van der Waals surface area contributed by atoms with Crippen molar-refractivity contribution in [2.75, 3.05) is 39.3 Å². The number of hydrogen-bond acceptors (Lipinski definition) is 5. The third-order valence-corrected chi connectivity index (χ3v) is 3.66. The number of halogens is 1. The molecule has 0 unspecified atom stereocenters. The largest absolute Gasteiger partial charge is 0.351 e. The standard InChI is InChI=1S/C13H17ClN4O3/c14-12-2-1-10(18(20)21)9-11(12)13(19)16-5-8-17-6-3-15-4-7-17/h1-2,9,15H,3-8H2,(H,16,19). The second kappa shape index (κ2) is 7.35. The van der Waals surface area contributed by atoms with E-state index in [0.717, 1.165) is 32.7 Å². The highest BCUT2D eigenvalue weighted by atomic mass is 35.5. The first-order valence-electron chi connectivity index (χ1n) is 6.73. The van der Waals surface area contributed by atoms with E-state index >= 15 is 0 Å². The van der Waals surface area contributed by atoms with Crippen LogP contribution in [0.25, 0.3) is 0 Å². The van der Waals surface area contributed by atoms with Crippen LogP contribution in [-0.2, 0) is 0 Å². The van der Waals surface area contributed by atoms with Gasteiger partial charge in [0, 0.05) is 51.4 Å². The van der Waals surface area contributed by atoms with Crippen LogP contribution in [0.5, 0.6) is 0 Å². The van der Waals surface area contributed by atoms with Crippen molar-refractivity contribution in [2.45, 2.75) is 0 Å². The number of rotatable bonds is 5. The van der Waals surface area contributed by atoms with E-state index < -0.39 is 4.92 Å². The molecule has 0 aliphatic carbocycles. The molecule has 0 saturated carbocycles. The molecule has 0 aromatic heterocycles. The van der Waals surface area contributed by atoms with Gasteiger partial charge in [-0.05, 0) is 6.07 Å². The number of hydrogen-bond donors (Lipinski definition) is 2. The number of benzene rings is 1. The van der Waals surface area contributed by atoms with Crippen molar-refractivity contribution < 1.29 is 9.72 Å². The summed E-state index contributed by atoms with van der Waals surface area (Å²) >= 11 is 5.92. The molecular formula is C13H17ClN4O3. The van der Waals surface area contributed by atoms with Gasteiger partial charge in [0.15, 0.2) is 0 Å². The Morgan fingerprint density at radius 1 is 1.43 bits per heavy atom. The van der Waals surface area contributed by atoms with E-state index in [0.29, 0.717) is 6.54 Å². The van der Waals surface area contributed by atoms with Crippen LogP contribution in [0.2, 0.25) is 5.02 Å². The first kappa shape index (κ1) is 15.7. The number of carbonyl (C=O) groups is 1. The van der Waals surface area contributed by atoms with Gasteiger partial charge in [-0.2, -0.15) is 0 Å². The molecule has 1 aromatic rings. The van der Waals surface area contributed by atoms with Crippen molar-refractivity contribution in [3.63, 3.8) is 0 Å². The van der Waals surface area contributed by atoms with Gasteiger partial charge in [0.1, 0.15) is 0 Å². The van der Waals surface area contributed by atoms with E-state index in [4.69, 9.17) is 11.6 Å². The Hall–Kier alpha value is -1.70. The normalized spacial score (nSPS) is 15.7. The maximum Gasteiger partial charge on any atom is 0.270 e. The van der Waals surface area contributed by atoms with Gasteiger partial charge in [0.25, 0.3) is 11.6 Å². The van der Waals surface area contributed by atoms with Crippen molar-refractivity contribution >= 4 is 23.2 Å². The third-order valence-electron chi connectivity index (χ3n) is 3.33. The Labute approximate surface area is 127 Å². The predicted octanol–water partition coefficient (Wildman–Crippen LogP) is 0.883. The number of nitrogens with zero attached hydrogens (tertiary/aromatic N) is 2. The van der Waals surface area contributed by atoms with Gasteiger partial charge in [-0.3, -0.25) is 19.8 Å². The molecular weight excluding hydrogens is 296 g/mol. The molecule has 1 fully saturated rings. The lowest BCUT2D eigenvalue weighted by Gasteiger charge is -2.27. The van der Waals surface area contributed by atoms with Gasteiger partial charge < -0.3 is 10.6 Å². The van der Waals surface area contributed by atoms with Crippen molar-refractivity contribution in [1.29, 1.82) is 0 Å². The Bertz CT molecular complexity index is 532. The molecule has 2 rings (SSSR count). The van der Waals surface area contributed by atoms with Crippen molar-refractivity contribution in [2.24, 2.45) is 0 Å². The Morgan fingerprint density at radius 2 is 2.14 bits per heavy atom. The van der Waals surface area contributed by atoms with E-state index in [1.165, 1.54) is 18.2 Å². The van der Waals surface area contributed by atoms with Crippen LogP contribution in [0, 0.1) is 10.1 Å². The predicted molar refractivity (Wildman–Crippen MR) is 79.7 cm³/mol. The van der Waals surface area contributed by atoms with Gasteiger partial charge in [-0.25, -0.2) is 0 Å². The SMILES string of the molecule is O=C(NCCN1CCNCC1)c1cc([N+](=O)[O-])ccc1Cl. The highest BCUT2D eigenvalue weighted by Crippen LogP contribution is 2.21. The number of amides is 1. The minimum Gasteiger partial charge on any atom is -0.351 e. The quantitative estimate of drug-likeness (QED) is 0.622. The van der Waals surface area contributed by atoms with Gasteiger partial charge in [-0.1, -0.05) is 11.6 Å². The molecule has 0 radical (unpaired) electrons. The third kappa shape index (κ3) is 4.38. The molecule has 2 N–H and O–H groups in total. The fourth-order valence-corrected chi connectivity index (χ4v) is 2.36. The summed E-state index contributed by atoms with van der Waals surface area (Å²) < 4.78 is 0. The number of non-ortho nitro benzene ring substituents is 1. The zero-order valence-corrected chi connectivity index (χ0v) is 12.2. The summed E-state index contributed by atoms with van der Waals surface area (Å²) in [7, 11) is 0. The zero-order chi connectivity index (χ0) is 15.2. The Morgan fingerprint density at radius 3 is 2.81 bits per heavy atom. The second-order valence-corrected chi connectivity index (χ2v) is 5.18. The lowest BCUT2D eigenvalue weighted by Crippen LogP contribution is -2.46. The van der Waals surface area contributed by atoms with Crippen molar-refractivity contribution in [3.05, 3.63) is 38.9 Å². The number of carbonyl (C=O) groups excluding carboxylic acids is 1. The molecule has 7 nitrogen and oxygen atoms in total. The molecule has 1 aliphatic rings. The average Bonchev–Trinajstić information content (AvgIpc) is 2.48. The fraction of sp³-hybridized carbons (Fsp3) is 0.462. The number of piperazine rings is 1. The van der Waals surface area contributed by atoms with Crippen molar-refractivity contribution in [3.8, 4) is 0 Å². The van der Waals surface area contributed by atoms with Crippen LogP contribution < -0.4 is 10.6 Å². The molecule has 0 atom stereocenters. The van der Waals surface area contributed by atoms with E-state index in [9.17, 15) is 14.9 Å². The first-order chi connectivity index (χ1) is 10.1. The molecule has 21 heavy (non-hydrogen) atoms. The number of nitro benzene ring substituents is 1. The van der Waals surface area contributed by atoms with Crippen molar-refractivity contribution in [1.82, 2.24) is 15.5 Å². The molecule has 1 heterocycles. The van der Waals surface area contributed by atoms with Crippen LogP contribution >= 0.6 is 11.6 Å². The van der Waals surface area contributed by atoms with Crippen LogP contribution in [-0.4, -0.2) is 55.0 Å². The Balaban J connectivity index is 1.90. The fourth-order valence-electron chi connectivity index (χ4n) is 2.16.